The highest BCUT2D eigenvalue weighted by Gasteiger charge is 2.16. The van der Waals surface area contributed by atoms with Crippen molar-refractivity contribution in [2.24, 2.45) is 0 Å². The van der Waals surface area contributed by atoms with Crippen molar-refractivity contribution in [1.82, 2.24) is 19.4 Å². The molecular formula is C22H29N5O5S. The van der Waals surface area contributed by atoms with Crippen LogP contribution in [0.2, 0.25) is 0 Å². The van der Waals surface area contributed by atoms with E-state index in [1.54, 1.807) is 30.3 Å². The van der Waals surface area contributed by atoms with Crippen LogP contribution in [0.25, 0.3) is 12.2 Å². The molecule has 0 aliphatic carbocycles. The van der Waals surface area contributed by atoms with Gasteiger partial charge in [-0.25, -0.2) is 14.8 Å². The van der Waals surface area contributed by atoms with E-state index in [1.807, 2.05) is 18.7 Å². The number of hydrogen-bond acceptors (Lipinski definition) is 9. The molecule has 0 spiro atoms. The van der Waals surface area contributed by atoms with E-state index in [2.05, 4.69) is 9.97 Å². The number of rotatable bonds is 8. The molecule has 0 bridgehead atoms. The van der Waals surface area contributed by atoms with Crippen LogP contribution in [0.15, 0.2) is 17.2 Å². The monoisotopic (exact) mass is 475 g/mol. The Kier molecular flexibility index (Phi) is 8.72. The number of hydrogen-bond donors (Lipinski definition) is 0. The van der Waals surface area contributed by atoms with Crippen molar-refractivity contribution in [3.05, 3.63) is 37.5 Å². The van der Waals surface area contributed by atoms with Gasteiger partial charge in [0.2, 0.25) is 11.9 Å². The summed E-state index contributed by atoms with van der Waals surface area (Å²) in [6.07, 6.45) is 6.21. The minimum absolute atomic E-state index is 0.150. The van der Waals surface area contributed by atoms with Crippen molar-refractivity contribution in [3.8, 4) is 0 Å². The van der Waals surface area contributed by atoms with E-state index in [9.17, 15) is 14.4 Å². The number of anilines is 1. The Hall–Kier alpha value is -3.05. The number of thiazole rings is 1. The molecule has 2 aromatic heterocycles. The van der Waals surface area contributed by atoms with Gasteiger partial charge in [-0.3, -0.25) is 14.2 Å². The second kappa shape index (κ2) is 11.7. The summed E-state index contributed by atoms with van der Waals surface area (Å²) in [5.74, 6) is -0.143. The van der Waals surface area contributed by atoms with Crippen LogP contribution in [-0.2, 0) is 25.6 Å². The van der Waals surface area contributed by atoms with E-state index in [0.717, 1.165) is 24.4 Å². The van der Waals surface area contributed by atoms with E-state index in [4.69, 9.17) is 9.47 Å². The highest BCUT2D eigenvalue weighted by Crippen LogP contribution is 2.09. The number of nitrogens with zero attached hydrogens (tertiary/aromatic N) is 5. The molecule has 3 heterocycles. The second-order valence-corrected chi connectivity index (χ2v) is 8.28. The van der Waals surface area contributed by atoms with Gasteiger partial charge in [0.15, 0.2) is 0 Å². The molecule has 0 aromatic carbocycles. The first-order chi connectivity index (χ1) is 16.0. The molecular weight excluding hydrogens is 446 g/mol. The van der Waals surface area contributed by atoms with Crippen LogP contribution < -0.4 is 19.7 Å². The van der Waals surface area contributed by atoms with Gasteiger partial charge in [-0.2, -0.15) is 0 Å². The van der Waals surface area contributed by atoms with Crippen LogP contribution in [0.5, 0.6) is 0 Å². The van der Waals surface area contributed by atoms with Crippen molar-refractivity contribution in [2.75, 3.05) is 50.9 Å². The first-order valence-corrected chi connectivity index (χ1v) is 11.8. The highest BCUT2D eigenvalue weighted by atomic mass is 32.1. The molecule has 0 atom stereocenters. The van der Waals surface area contributed by atoms with Crippen molar-refractivity contribution < 1.29 is 19.1 Å². The maximum absolute atomic E-state index is 13.1. The summed E-state index contributed by atoms with van der Waals surface area (Å²) >= 11 is 1.12. The smallest absolute Gasteiger partial charge is 0.333 e. The summed E-state index contributed by atoms with van der Waals surface area (Å²) in [4.78, 5) is 50.3. The van der Waals surface area contributed by atoms with Gasteiger partial charge < -0.3 is 19.3 Å². The lowest BCUT2D eigenvalue weighted by molar-refractivity contribution is -0.135. The Balaban J connectivity index is 1.97. The second-order valence-electron chi connectivity index (χ2n) is 7.22. The normalized spacial score (nSPS) is 15.1. The van der Waals surface area contributed by atoms with Crippen molar-refractivity contribution in [1.29, 1.82) is 0 Å². The first kappa shape index (κ1) is 24.6. The summed E-state index contributed by atoms with van der Waals surface area (Å²) in [6.45, 7) is 9.34. The number of morpholine rings is 1. The maximum atomic E-state index is 13.1. The van der Waals surface area contributed by atoms with E-state index < -0.39 is 5.97 Å². The maximum Gasteiger partial charge on any atom is 0.333 e. The molecule has 3 rings (SSSR count). The van der Waals surface area contributed by atoms with Gasteiger partial charge in [0.1, 0.15) is 11.2 Å². The van der Waals surface area contributed by atoms with E-state index in [-0.39, 0.29) is 24.6 Å². The molecule has 0 unspecified atom stereocenters. The number of ether oxygens (including phenoxy) is 2. The van der Waals surface area contributed by atoms with E-state index >= 15 is 0 Å². The molecule has 1 amide bonds. The van der Waals surface area contributed by atoms with Crippen LogP contribution in [0, 0.1) is 0 Å². The fourth-order valence-corrected chi connectivity index (χ4v) is 4.40. The molecule has 0 saturated carbocycles. The lowest BCUT2D eigenvalue weighted by Gasteiger charge is -2.26. The molecule has 1 aliphatic heterocycles. The van der Waals surface area contributed by atoms with Gasteiger partial charge in [-0.05, 0) is 26.8 Å². The fourth-order valence-electron chi connectivity index (χ4n) is 3.37. The molecule has 33 heavy (non-hydrogen) atoms. The molecule has 1 fully saturated rings. The molecule has 10 nitrogen and oxygen atoms in total. The van der Waals surface area contributed by atoms with Crippen LogP contribution in [0.4, 0.5) is 5.95 Å². The first-order valence-electron chi connectivity index (χ1n) is 11.0. The van der Waals surface area contributed by atoms with Crippen molar-refractivity contribution >= 4 is 41.3 Å². The lowest BCUT2D eigenvalue weighted by atomic mass is 10.3. The predicted octanol–water partition coefficient (Wildman–Crippen LogP) is -0.423. The molecule has 0 N–H and O–H groups in total. The number of carbonyl (C=O) groups excluding carboxylic acids is 2. The minimum Gasteiger partial charge on any atom is -0.463 e. The van der Waals surface area contributed by atoms with Gasteiger partial charge in [-0.15, -0.1) is 11.3 Å². The SMILES string of the molecule is CCOC(=O)/C=c1/s/c(=C/c2cnc(N3CCOCC3)nc2)c(=O)n1CC(=O)N(CC)CC. The van der Waals surface area contributed by atoms with Gasteiger partial charge in [0.05, 0.1) is 30.4 Å². The average Bonchev–Trinajstić information content (AvgIpc) is 3.09. The fraction of sp³-hybridized carbons (Fsp3) is 0.500. The zero-order chi connectivity index (χ0) is 23.8. The Labute approximate surface area is 195 Å². The number of likely N-dealkylation sites (N-methyl/N-ethyl adjacent to an activating group) is 1. The molecule has 178 valence electrons. The van der Waals surface area contributed by atoms with Crippen LogP contribution in [0.3, 0.4) is 0 Å². The summed E-state index contributed by atoms with van der Waals surface area (Å²) in [7, 11) is 0. The van der Waals surface area contributed by atoms with Gasteiger partial charge in [-0.1, -0.05) is 0 Å². The quantitative estimate of drug-likeness (QED) is 0.474. The number of esters is 1. The van der Waals surface area contributed by atoms with Crippen LogP contribution in [0.1, 0.15) is 26.3 Å². The van der Waals surface area contributed by atoms with E-state index in [0.29, 0.717) is 47.0 Å². The Morgan fingerprint density at radius 1 is 1.18 bits per heavy atom. The topological polar surface area (TPSA) is 107 Å². The number of carbonyl (C=O) groups is 2. The predicted molar refractivity (Wildman–Crippen MR) is 125 cm³/mol. The standard InChI is InChI=1S/C22H29N5O5S/c1-4-25(5-2)18(28)15-27-19(12-20(29)32-6-3)33-17(21(27)30)11-16-13-23-22(24-14-16)26-7-9-31-10-8-26/h11-14H,4-10,15H2,1-3H3/b17-11+,19-12+. The molecule has 2 aromatic rings. The van der Waals surface area contributed by atoms with Crippen molar-refractivity contribution in [3.63, 3.8) is 0 Å². The minimum atomic E-state index is -0.562. The van der Waals surface area contributed by atoms with Gasteiger partial charge in [0.25, 0.3) is 5.56 Å². The molecule has 0 radical (unpaired) electrons. The Morgan fingerprint density at radius 3 is 2.45 bits per heavy atom. The third-order valence-electron chi connectivity index (χ3n) is 5.12. The Morgan fingerprint density at radius 2 is 1.85 bits per heavy atom. The zero-order valence-electron chi connectivity index (χ0n) is 19.2. The zero-order valence-corrected chi connectivity index (χ0v) is 20.0. The summed E-state index contributed by atoms with van der Waals surface area (Å²) < 4.78 is 12.4. The largest absolute Gasteiger partial charge is 0.463 e. The average molecular weight is 476 g/mol. The van der Waals surface area contributed by atoms with Crippen molar-refractivity contribution in [2.45, 2.75) is 27.3 Å². The number of aromatic nitrogens is 3. The van der Waals surface area contributed by atoms with Crippen LogP contribution >= 0.6 is 11.3 Å². The summed E-state index contributed by atoms with van der Waals surface area (Å²) in [5, 5.41) is 0. The Bertz CT molecular complexity index is 1130. The third kappa shape index (κ3) is 6.26. The summed E-state index contributed by atoms with van der Waals surface area (Å²) in [5.41, 5.74) is 0.295. The molecule has 11 heteroatoms. The van der Waals surface area contributed by atoms with Gasteiger partial charge in [0, 0.05) is 44.1 Å². The number of amides is 1. The lowest BCUT2D eigenvalue weighted by Crippen LogP contribution is -2.40. The third-order valence-corrected chi connectivity index (χ3v) is 6.18. The van der Waals surface area contributed by atoms with Gasteiger partial charge >= 0.3 is 5.97 Å². The molecule has 1 saturated heterocycles. The summed E-state index contributed by atoms with van der Waals surface area (Å²) in [6, 6.07) is 0. The highest BCUT2D eigenvalue weighted by molar-refractivity contribution is 7.07. The molecule has 1 aliphatic rings. The van der Waals surface area contributed by atoms with Crippen LogP contribution in [-0.4, -0.2) is 77.3 Å². The van der Waals surface area contributed by atoms with E-state index in [1.165, 1.54) is 10.6 Å².